The van der Waals surface area contributed by atoms with Gasteiger partial charge in [0.05, 0.1) is 0 Å². The third kappa shape index (κ3) is 6.22. The Morgan fingerprint density at radius 3 is 1.94 bits per heavy atom. The normalized spacial score (nSPS) is 24.2. The van der Waals surface area contributed by atoms with Crippen LogP contribution in [-0.2, 0) is 0 Å². The SMILES string of the molecule is CC(C)(C)CCCNC1CC(C)(C)CC(C)(C)C1. The Bertz CT molecular complexity index is 241. The Kier molecular flexibility index (Phi) is 4.92. The van der Waals surface area contributed by atoms with Crippen LogP contribution < -0.4 is 5.32 Å². The van der Waals surface area contributed by atoms with E-state index >= 15 is 0 Å². The molecule has 1 nitrogen and oxygen atoms in total. The molecule has 1 fully saturated rings. The molecule has 1 N–H and O–H groups in total. The lowest BCUT2D eigenvalue weighted by atomic mass is 9.63. The number of hydrogen-bond acceptors (Lipinski definition) is 1. The first kappa shape index (κ1) is 16.0. The molecular weight excluding hydrogens is 218 g/mol. The zero-order valence-corrected chi connectivity index (χ0v) is 13.8. The van der Waals surface area contributed by atoms with Gasteiger partial charge in [-0.25, -0.2) is 0 Å². The molecule has 0 bridgehead atoms. The fourth-order valence-corrected chi connectivity index (χ4v) is 3.92. The van der Waals surface area contributed by atoms with E-state index in [1.165, 1.54) is 38.6 Å². The largest absolute Gasteiger partial charge is 0.314 e. The molecule has 0 aromatic rings. The maximum Gasteiger partial charge on any atom is 0.00772 e. The van der Waals surface area contributed by atoms with E-state index < -0.39 is 0 Å². The minimum absolute atomic E-state index is 0.479. The van der Waals surface area contributed by atoms with E-state index in [1.807, 2.05) is 0 Å². The van der Waals surface area contributed by atoms with E-state index in [0.717, 1.165) is 6.04 Å². The molecule has 0 saturated heterocycles. The molecule has 1 aliphatic rings. The summed E-state index contributed by atoms with van der Waals surface area (Å²) in [6.07, 6.45) is 6.67. The lowest BCUT2D eigenvalue weighted by Crippen LogP contribution is -2.44. The highest BCUT2D eigenvalue weighted by Gasteiger charge is 2.37. The first-order chi connectivity index (χ1) is 7.99. The van der Waals surface area contributed by atoms with Crippen LogP contribution in [0.1, 0.15) is 80.6 Å². The molecule has 1 aliphatic carbocycles. The summed E-state index contributed by atoms with van der Waals surface area (Å²) < 4.78 is 0. The summed E-state index contributed by atoms with van der Waals surface area (Å²) in [4.78, 5) is 0. The van der Waals surface area contributed by atoms with E-state index in [1.54, 1.807) is 0 Å². The monoisotopic (exact) mass is 253 g/mol. The van der Waals surface area contributed by atoms with Gasteiger partial charge in [0, 0.05) is 6.04 Å². The molecule has 0 spiro atoms. The summed E-state index contributed by atoms with van der Waals surface area (Å²) in [7, 11) is 0. The van der Waals surface area contributed by atoms with Crippen molar-refractivity contribution in [3.63, 3.8) is 0 Å². The minimum Gasteiger partial charge on any atom is -0.314 e. The Morgan fingerprint density at radius 1 is 1.00 bits per heavy atom. The highest BCUT2D eigenvalue weighted by Crippen LogP contribution is 2.45. The van der Waals surface area contributed by atoms with Gasteiger partial charge in [0.1, 0.15) is 0 Å². The molecule has 1 saturated carbocycles. The maximum atomic E-state index is 3.81. The standard InChI is InChI=1S/C17H35N/c1-15(2,3)9-8-10-18-14-11-16(4,5)13-17(6,7)12-14/h14,18H,8-13H2,1-7H3. The van der Waals surface area contributed by atoms with Crippen LogP contribution in [0.2, 0.25) is 0 Å². The highest BCUT2D eigenvalue weighted by atomic mass is 14.9. The van der Waals surface area contributed by atoms with Gasteiger partial charge in [-0.1, -0.05) is 48.5 Å². The van der Waals surface area contributed by atoms with Crippen LogP contribution in [-0.4, -0.2) is 12.6 Å². The Hall–Kier alpha value is -0.0400. The molecule has 0 unspecified atom stereocenters. The van der Waals surface area contributed by atoms with Crippen LogP contribution in [0, 0.1) is 16.2 Å². The third-order valence-corrected chi connectivity index (χ3v) is 4.09. The lowest BCUT2D eigenvalue weighted by Gasteiger charge is -2.45. The summed E-state index contributed by atoms with van der Waals surface area (Å²) in [6, 6.07) is 0.726. The Morgan fingerprint density at radius 2 is 1.50 bits per heavy atom. The lowest BCUT2D eigenvalue weighted by molar-refractivity contribution is 0.0847. The van der Waals surface area contributed by atoms with Crippen LogP contribution in [0.5, 0.6) is 0 Å². The van der Waals surface area contributed by atoms with Gasteiger partial charge in [-0.2, -0.15) is 0 Å². The third-order valence-electron chi connectivity index (χ3n) is 4.09. The van der Waals surface area contributed by atoms with Crippen LogP contribution >= 0.6 is 0 Å². The van der Waals surface area contributed by atoms with E-state index in [0.29, 0.717) is 16.2 Å². The fraction of sp³-hybridized carbons (Fsp3) is 1.00. The number of rotatable bonds is 4. The summed E-state index contributed by atoms with van der Waals surface area (Å²) >= 11 is 0. The average Bonchev–Trinajstić information content (AvgIpc) is 2.05. The molecule has 0 radical (unpaired) electrons. The Labute approximate surface area is 115 Å². The van der Waals surface area contributed by atoms with E-state index in [9.17, 15) is 0 Å². The molecule has 108 valence electrons. The van der Waals surface area contributed by atoms with Gasteiger partial charge in [-0.15, -0.1) is 0 Å². The van der Waals surface area contributed by atoms with E-state index in [2.05, 4.69) is 53.8 Å². The van der Waals surface area contributed by atoms with E-state index in [4.69, 9.17) is 0 Å². The van der Waals surface area contributed by atoms with Crippen molar-refractivity contribution >= 4 is 0 Å². The van der Waals surface area contributed by atoms with Crippen molar-refractivity contribution in [1.29, 1.82) is 0 Å². The van der Waals surface area contributed by atoms with Crippen molar-refractivity contribution in [2.75, 3.05) is 6.54 Å². The van der Waals surface area contributed by atoms with Gasteiger partial charge in [-0.05, 0) is 54.9 Å². The molecule has 0 aliphatic heterocycles. The molecular formula is C17H35N. The zero-order valence-electron chi connectivity index (χ0n) is 13.8. The maximum absolute atomic E-state index is 3.81. The Balaban J connectivity index is 2.34. The van der Waals surface area contributed by atoms with Crippen LogP contribution in [0.3, 0.4) is 0 Å². The van der Waals surface area contributed by atoms with Crippen molar-refractivity contribution in [1.82, 2.24) is 5.32 Å². The minimum atomic E-state index is 0.479. The molecule has 0 heterocycles. The zero-order chi connectivity index (χ0) is 14.0. The van der Waals surface area contributed by atoms with Crippen molar-refractivity contribution in [2.24, 2.45) is 16.2 Å². The smallest absolute Gasteiger partial charge is 0.00772 e. The predicted molar refractivity (Wildman–Crippen MR) is 81.9 cm³/mol. The van der Waals surface area contributed by atoms with E-state index in [-0.39, 0.29) is 0 Å². The second-order valence-corrected chi connectivity index (χ2v) is 9.23. The molecule has 0 atom stereocenters. The molecule has 0 aromatic heterocycles. The summed E-state index contributed by atoms with van der Waals surface area (Å²) in [6.45, 7) is 17.9. The van der Waals surface area contributed by atoms with Gasteiger partial charge in [-0.3, -0.25) is 0 Å². The number of hydrogen-bond donors (Lipinski definition) is 1. The second-order valence-electron chi connectivity index (χ2n) is 9.23. The molecule has 0 amide bonds. The van der Waals surface area contributed by atoms with Gasteiger partial charge >= 0.3 is 0 Å². The summed E-state index contributed by atoms with van der Waals surface area (Å²) in [5, 5.41) is 3.81. The van der Waals surface area contributed by atoms with Gasteiger partial charge in [0.25, 0.3) is 0 Å². The average molecular weight is 253 g/mol. The summed E-state index contributed by atoms with van der Waals surface area (Å²) in [5.74, 6) is 0. The first-order valence-electron chi connectivity index (χ1n) is 7.73. The van der Waals surface area contributed by atoms with Crippen molar-refractivity contribution < 1.29 is 0 Å². The fourth-order valence-electron chi connectivity index (χ4n) is 3.92. The second kappa shape index (κ2) is 5.53. The number of nitrogens with one attached hydrogen (secondary N) is 1. The van der Waals surface area contributed by atoms with Gasteiger partial charge in [0.15, 0.2) is 0 Å². The van der Waals surface area contributed by atoms with Crippen LogP contribution in [0.15, 0.2) is 0 Å². The van der Waals surface area contributed by atoms with Gasteiger partial charge < -0.3 is 5.32 Å². The highest BCUT2D eigenvalue weighted by molar-refractivity contribution is 4.92. The van der Waals surface area contributed by atoms with Crippen LogP contribution in [0.25, 0.3) is 0 Å². The molecule has 0 aromatic carbocycles. The first-order valence-corrected chi connectivity index (χ1v) is 7.73. The molecule has 18 heavy (non-hydrogen) atoms. The topological polar surface area (TPSA) is 12.0 Å². The molecule has 1 heteroatoms. The van der Waals surface area contributed by atoms with Gasteiger partial charge in [0.2, 0.25) is 0 Å². The quantitative estimate of drug-likeness (QED) is 0.695. The van der Waals surface area contributed by atoms with Crippen molar-refractivity contribution in [3.8, 4) is 0 Å². The molecule has 1 rings (SSSR count). The predicted octanol–water partition coefficient (Wildman–Crippen LogP) is 5.01. The van der Waals surface area contributed by atoms with Crippen LogP contribution in [0.4, 0.5) is 0 Å². The van der Waals surface area contributed by atoms with Crippen molar-refractivity contribution in [2.45, 2.75) is 86.6 Å². The summed E-state index contributed by atoms with van der Waals surface area (Å²) in [5.41, 5.74) is 1.49. The van der Waals surface area contributed by atoms with Crippen molar-refractivity contribution in [3.05, 3.63) is 0 Å².